The van der Waals surface area contributed by atoms with Crippen LogP contribution in [0.5, 0.6) is 0 Å². The molecule has 0 radical (unpaired) electrons. The van der Waals surface area contributed by atoms with Gasteiger partial charge in [0.25, 0.3) is 0 Å². The SMILES string of the molecule is O=C(NCc1cccnc1)[C@@H]1COC(=O)N1CC1CCCCC1. The van der Waals surface area contributed by atoms with Crippen LogP contribution in [-0.2, 0) is 16.1 Å². The maximum Gasteiger partial charge on any atom is 0.410 e. The van der Waals surface area contributed by atoms with E-state index in [1.807, 2.05) is 12.1 Å². The van der Waals surface area contributed by atoms with E-state index in [1.54, 1.807) is 17.3 Å². The Morgan fingerprint density at radius 1 is 1.35 bits per heavy atom. The average Bonchev–Trinajstić information content (AvgIpc) is 2.95. The summed E-state index contributed by atoms with van der Waals surface area (Å²) < 4.78 is 5.11. The summed E-state index contributed by atoms with van der Waals surface area (Å²) in [5.74, 6) is 0.332. The topological polar surface area (TPSA) is 71.5 Å². The van der Waals surface area contributed by atoms with Gasteiger partial charge in [-0.3, -0.25) is 14.7 Å². The van der Waals surface area contributed by atoms with Crippen molar-refractivity contribution in [1.82, 2.24) is 15.2 Å². The number of ether oxygens (including phenoxy) is 1. The highest BCUT2D eigenvalue weighted by Gasteiger charge is 2.39. The van der Waals surface area contributed by atoms with Crippen molar-refractivity contribution in [2.24, 2.45) is 5.92 Å². The van der Waals surface area contributed by atoms with Gasteiger partial charge < -0.3 is 10.1 Å². The van der Waals surface area contributed by atoms with E-state index in [4.69, 9.17) is 4.74 Å². The van der Waals surface area contributed by atoms with Crippen molar-refractivity contribution in [2.45, 2.75) is 44.7 Å². The molecule has 3 rings (SSSR count). The summed E-state index contributed by atoms with van der Waals surface area (Å²) in [6, 6.07) is 3.23. The fraction of sp³-hybridized carbons (Fsp3) is 0.588. The summed E-state index contributed by atoms with van der Waals surface area (Å²) in [6.45, 7) is 1.18. The lowest BCUT2D eigenvalue weighted by Crippen LogP contribution is -2.47. The van der Waals surface area contributed by atoms with Crippen LogP contribution in [0.1, 0.15) is 37.7 Å². The van der Waals surface area contributed by atoms with E-state index in [1.165, 1.54) is 19.3 Å². The standard InChI is InChI=1S/C17H23N3O3/c21-16(19-10-14-7-4-8-18-9-14)15-12-23-17(22)20(15)11-13-5-2-1-3-6-13/h4,7-9,13,15H,1-3,5-6,10-12H2,(H,19,21)/t15-/m0/s1. The molecule has 0 spiro atoms. The number of hydrogen-bond acceptors (Lipinski definition) is 4. The van der Waals surface area contributed by atoms with Gasteiger partial charge in [0, 0.05) is 25.5 Å². The van der Waals surface area contributed by atoms with Gasteiger partial charge in [0.2, 0.25) is 5.91 Å². The number of carbonyl (C=O) groups excluding carboxylic acids is 2. The number of nitrogens with one attached hydrogen (secondary N) is 1. The lowest BCUT2D eigenvalue weighted by Gasteiger charge is -2.28. The number of aromatic nitrogens is 1. The minimum atomic E-state index is -0.513. The number of carbonyl (C=O) groups is 2. The van der Waals surface area contributed by atoms with Crippen molar-refractivity contribution >= 4 is 12.0 Å². The van der Waals surface area contributed by atoms with Crippen molar-refractivity contribution in [3.8, 4) is 0 Å². The molecular weight excluding hydrogens is 294 g/mol. The summed E-state index contributed by atoms with van der Waals surface area (Å²) in [4.78, 5) is 30.0. The Hall–Kier alpha value is -2.11. The molecule has 124 valence electrons. The van der Waals surface area contributed by atoms with Crippen LogP contribution in [0.2, 0.25) is 0 Å². The summed E-state index contributed by atoms with van der Waals surface area (Å²) >= 11 is 0. The molecule has 1 aliphatic carbocycles. The minimum absolute atomic E-state index is 0.143. The maximum atomic E-state index is 12.4. The third-order valence-corrected chi connectivity index (χ3v) is 4.65. The van der Waals surface area contributed by atoms with Gasteiger partial charge in [-0.1, -0.05) is 25.3 Å². The fourth-order valence-electron chi connectivity index (χ4n) is 3.33. The number of hydrogen-bond donors (Lipinski definition) is 1. The highest BCUT2D eigenvalue weighted by Crippen LogP contribution is 2.26. The third-order valence-electron chi connectivity index (χ3n) is 4.65. The van der Waals surface area contributed by atoms with Crippen LogP contribution >= 0.6 is 0 Å². The van der Waals surface area contributed by atoms with Crippen LogP contribution in [0.4, 0.5) is 4.79 Å². The van der Waals surface area contributed by atoms with Crippen LogP contribution in [-0.4, -0.2) is 41.1 Å². The number of pyridine rings is 1. The van der Waals surface area contributed by atoms with Crippen LogP contribution in [0, 0.1) is 5.92 Å². The summed E-state index contributed by atoms with van der Waals surface area (Å²) in [6.07, 6.45) is 9.02. The monoisotopic (exact) mass is 317 g/mol. The first-order valence-corrected chi connectivity index (χ1v) is 8.34. The van der Waals surface area contributed by atoms with Gasteiger partial charge in [-0.15, -0.1) is 0 Å². The maximum absolute atomic E-state index is 12.4. The van der Waals surface area contributed by atoms with Crippen molar-refractivity contribution in [3.63, 3.8) is 0 Å². The van der Waals surface area contributed by atoms with Crippen LogP contribution < -0.4 is 5.32 Å². The number of rotatable bonds is 5. The zero-order valence-corrected chi connectivity index (χ0v) is 13.2. The van der Waals surface area contributed by atoms with E-state index in [0.717, 1.165) is 18.4 Å². The Balaban J connectivity index is 1.56. The second-order valence-electron chi connectivity index (χ2n) is 6.33. The van der Waals surface area contributed by atoms with E-state index in [-0.39, 0.29) is 18.6 Å². The van der Waals surface area contributed by atoms with Gasteiger partial charge in [0.1, 0.15) is 12.6 Å². The van der Waals surface area contributed by atoms with Crippen LogP contribution in [0.15, 0.2) is 24.5 Å². The van der Waals surface area contributed by atoms with Gasteiger partial charge in [0.15, 0.2) is 0 Å². The van der Waals surface area contributed by atoms with Gasteiger partial charge in [-0.25, -0.2) is 4.79 Å². The summed E-state index contributed by atoms with van der Waals surface area (Å²) in [5, 5.41) is 2.88. The van der Waals surface area contributed by atoms with Crippen molar-refractivity contribution < 1.29 is 14.3 Å². The van der Waals surface area contributed by atoms with E-state index in [9.17, 15) is 9.59 Å². The predicted molar refractivity (Wildman–Crippen MR) is 84.5 cm³/mol. The second-order valence-corrected chi connectivity index (χ2v) is 6.33. The first kappa shape index (κ1) is 15.8. The molecule has 2 amide bonds. The van der Waals surface area contributed by atoms with Crippen LogP contribution in [0.3, 0.4) is 0 Å². The lowest BCUT2D eigenvalue weighted by atomic mass is 9.89. The molecular formula is C17H23N3O3. The highest BCUT2D eigenvalue weighted by atomic mass is 16.6. The number of amides is 2. The molecule has 1 saturated carbocycles. The molecule has 23 heavy (non-hydrogen) atoms. The molecule has 2 aliphatic rings. The highest BCUT2D eigenvalue weighted by molar-refractivity contribution is 5.87. The molecule has 1 aromatic heterocycles. The Morgan fingerprint density at radius 2 is 2.17 bits per heavy atom. The molecule has 0 bridgehead atoms. The largest absolute Gasteiger partial charge is 0.447 e. The Labute approximate surface area is 136 Å². The first-order valence-electron chi connectivity index (χ1n) is 8.34. The van der Waals surface area contributed by atoms with Gasteiger partial charge in [0.05, 0.1) is 0 Å². The molecule has 2 heterocycles. The van der Waals surface area contributed by atoms with E-state index in [0.29, 0.717) is 19.0 Å². The van der Waals surface area contributed by atoms with E-state index < -0.39 is 6.04 Å². The summed E-state index contributed by atoms with van der Waals surface area (Å²) in [7, 11) is 0. The van der Waals surface area contributed by atoms with E-state index in [2.05, 4.69) is 10.3 Å². The smallest absolute Gasteiger partial charge is 0.410 e. The van der Waals surface area contributed by atoms with Gasteiger partial charge in [-0.2, -0.15) is 0 Å². The molecule has 1 atom stereocenters. The molecule has 0 unspecified atom stereocenters. The third kappa shape index (κ3) is 4.00. The molecule has 1 aliphatic heterocycles. The molecule has 6 nitrogen and oxygen atoms in total. The number of cyclic esters (lactones) is 1. The van der Waals surface area contributed by atoms with Crippen molar-refractivity contribution in [2.75, 3.05) is 13.2 Å². The molecule has 2 fully saturated rings. The zero-order chi connectivity index (χ0) is 16.1. The predicted octanol–water partition coefficient (Wildman–Crippen LogP) is 2.10. The van der Waals surface area contributed by atoms with Crippen molar-refractivity contribution in [1.29, 1.82) is 0 Å². The Kier molecular flexibility index (Phi) is 5.10. The molecule has 1 aromatic rings. The zero-order valence-electron chi connectivity index (χ0n) is 13.2. The molecule has 1 saturated heterocycles. The molecule has 6 heteroatoms. The average molecular weight is 317 g/mol. The Bertz CT molecular complexity index is 543. The summed E-state index contributed by atoms with van der Waals surface area (Å²) in [5.41, 5.74) is 0.935. The molecule has 1 N–H and O–H groups in total. The quantitative estimate of drug-likeness (QED) is 0.903. The second kappa shape index (κ2) is 7.44. The molecule has 0 aromatic carbocycles. The first-order chi connectivity index (χ1) is 11.2. The van der Waals surface area contributed by atoms with Crippen LogP contribution in [0.25, 0.3) is 0 Å². The van der Waals surface area contributed by atoms with E-state index >= 15 is 0 Å². The number of nitrogens with zero attached hydrogens (tertiary/aromatic N) is 2. The van der Waals surface area contributed by atoms with Gasteiger partial charge in [-0.05, 0) is 30.4 Å². The van der Waals surface area contributed by atoms with Gasteiger partial charge >= 0.3 is 6.09 Å². The van der Waals surface area contributed by atoms with Crippen molar-refractivity contribution in [3.05, 3.63) is 30.1 Å². The lowest BCUT2D eigenvalue weighted by molar-refractivity contribution is -0.125. The normalized spacial score (nSPS) is 22.0. The minimum Gasteiger partial charge on any atom is -0.447 e. The Morgan fingerprint density at radius 3 is 2.91 bits per heavy atom. The fourth-order valence-corrected chi connectivity index (χ4v) is 3.33.